The Morgan fingerprint density at radius 1 is 0.460 bits per heavy atom. The number of para-hydroxylation sites is 3. The predicted molar refractivity (Wildman–Crippen MR) is 203 cm³/mol. The van der Waals surface area contributed by atoms with Crippen LogP contribution in [-0.2, 0) is 10.8 Å². The van der Waals surface area contributed by atoms with E-state index in [-0.39, 0.29) is 10.8 Å². The number of benzene rings is 7. The van der Waals surface area contributed by atoms with Crippen LogP contribution in [0.5, 0.6) is 0 Å². The Kier molecular flexibility index (Phi) is 5.26. The van der Waals surface area contributed by atoms with Gasteiger partial charge in [0.1, 0.15) is 11.2 Å². The van der Waals surface area contributed by atoms with Crippen LogP contribution in [0.1, 0.15) is 47.2 Å². The van der Waals surface area contributed by atoms with E-state index in [1.165, 1.54) is 55.9 Å². The lowest BCUT2D eigenvalue weighted by molar-refractivity contribution is 0.632. The largest absolute Gasteiger partial charge is 0.456 e. The average Bonchev–Trinajstić information content (AvgIpc) is 3.61. The molecule has 3 aliphatic rings. The van der Waals surface area contributed by atoms with Crippen LogP contribution in [0.15, 0.2) is 161 Å². The Morgan fingerprint density at radius 3 is 1.70 bits per heavy atom. The van der Waals surface area contributed by atoms with Gasteiger partial charge in [-0.25, -0.2) is 0 Å². The molecule has 2 heterocycles. The topological polar surface area (TPSA) is 33.5 Å². The number of nitrogens with zero attached hydrogens (tertiary/aromatic N) is 1. The molecule has 8 aromatic rings. The van der Waals surface area contributed by atoms with Gasteiger partial charge in [0, 0.05) is 11.1 Å². The molecule has 0 N–H and O–H groups in total. The highest BCUT2D eigenvalue weighted by Crippen LogP contribution is 2.64. The summed E-state index contributed by atoms with van der Waals surface area (Å²) in [5.74, 6) is 0. The van der Waals surface area contributed by atoms with E-state index in [4.69, 9.17) is 4.42 Å². The molecular formula is C47H31NO2. The Hall–Kier alpha value is -6.19. The highest BCUT2D eigenvalue weighted by molar-refractivity contribution is 6.01. The van der Waals surface area contributed by atoms with Crippen molar-refractivity contribution in [3.63, 3.8) is 0 Å². The molecule has 0 saturated carbocycles. The zero-order chi connectivity index (χ0) is 33.4. The maximum Gasteiger partial charge on any atom is 0.200 e. The molecule has 0 amide bonds. The summed E-state index contributed by atoms with van der Waals surface area (Å²) in [6.07, 6.45) is 0. The Labute approximate surface area is 289 Å². The van der Waals surface area contributed by atoms with E-state index in [2.05, 4.69) is 146 Å². The van der Waals surface area contributed by atoms with Gasteiger partial charge in [-0.15, -0.1) is 0 Å². The fourth-order valence-corrected chi connectivity index (χ4v) is 9.51. The molecular weight excluding hydrogens is 611 g/mol. The number of rotatable bonds is 1. The molecule has 2 aliphatic carbocycles. The molecule has 0 bridgehead atoms. The summed E-state index contributed by atoms with van der Waals surface area (Å²) in [4.78, 5) is 16.6. The third kappa shape index (κ3) is 3.28. The number of anilines is 3. The van der Waals surface area contributed by atoms with Crippen LogP contribution in [0, 0.1) is 0 Å². The van der Waals surface area contributed by atoms with E-state index in [9.17, 15) is 4.79 Å². The molecule has 3 heteroatoms. The van der Waals surface area contributed by atoms with Crippen molar-refractivity contribution in [1.29, 1.82) is 0 Å². The summed E-state index contributed by atoms with van der Waals surface area (Å²) in [6, 6.07) is 54.0. The molecule has 0 radical (unpaired) electrons. The minimum atomic E-state index is -0.617. The number of hydrogen-bond acceptors (Lipinski definition) is 3. The maximum absolute atomic E-state index is 14.1. The Bertz CT molecular complexity index is 2790. The molecule has 3 nitrogen and oxygen atoms in total. The van der Waals surface area contributed by atoms with Crippen molar-refractivity contribution in [2.24, 2.45) is 0 Å². The van der Waals surface area contributed by atoms with Crippen molar-refractivity contribution >= 4 is 39.0 Å². The first-order valence-corrected chi connectivity index (χ1v) is 17.3. The second kappa shape index (κ2) is 9.49. The van der Waals surface area contributed by atoms with Gasteiger partial charge in [0.25, 0.3) is 0 Å². The van der Waals surface area contributed by atoms with Crippen LogP contribution in [-0.4, -0.2) is 0 Å². The first kappa shape index (κ1) is 27.7. The van der Waals surface area contributed by atoms with Crippen LogP contribution in [0.4, 0.5) is 17.1 Å². The van der Waals surface area contributed by atoms with E-state index in [1.54, 1.807) is 0 Å². The maximum atomic E-state index is 14.1. The quantitative estimate of drug-likeness (QED) is 0.167. The van der Waals surface area contributed by atoms with Gasteiger partial charge in [-0.2, -0.15) is 0 Å². The molecule has 50 heavy (non-hydrogen) atoms. The first-order chi connectivity index (χ1) is 24.5. The van der Waals surface area contributed by atoms with Gasteiger partial charge in [0.05, 0.1) is 27.6 Å². The summed E-state index contributed by atoms with van der Waals surface area (Å²) in [5, 5.41) is 1.21. The smallest absolute Gasteiger partial charge is 0.200 e. The highest BCUT2D eigenvalue weighted by atomic mass is 16.3. The standard InChI is InChI=1S/C47H31NO2/c1-46(2)37-18-8-10-20-41(37)48(42-21-11-9-19-38(42)46)28-23-24-31-29-13-3-6-16-35(29)47(39(31)25-28)36-17-7-4-14-30(36)33-27-44-34(26-40(33)47)45(49)32-15-5-12-22-43(32)50-44/h3-27H,1-2H3. The van der Waals surface area contributed by atoms with E-state index in [0.29, 0.717) is 21.9 Å². The summed E-state index contributed by atoms with van der Waals surface area (Å²) < 4.78 is 6.43. The van der Waals surface area contributed by atoms with Gasteiger partial charge >= 0.3 is 0 Å². The van der Waals surface area contributed by atoms with Crippen LogP contribution in [0.25, 0.3) is 44.2 Å². The Morgan fingerprint density at radius 2 is 1.00 bits per heavy atom. The molecule has 1 unspecified atom stereocenters. The zero-order valence-electron chi connectivity index (χ0n) is 27.7. The van der Waals surface area contributed by atoms with Crippen molar-refractivity contribution in [2.45, 2.75) is 24.7 Å². The molecule has 7 aromatic carbocycles. The van der Waals surface area contributed by atoms with E-state index in [1.807, 2.05) is 24.3 Å². The van der Waals surface area contributed by atoms with Gasteiger partial charge < -0.3 is 9.32 Å². The fourth-order valence-electron chi connectivity index (χ4n) is 9.51. The van der Waals surface area contributed by atoms with Crippen molar-refractivity contribution in [2.75, 3.05) is 4.90 Å². The van der Waals surface area contributed by atoms with Crippen molar-refractivity contribution in [1.82, 2.24) is 0 Å². The molecule has 1 aliphatic heterocycles. The molecule has 0 saturated heterocycles. The molecule has 11 rings (SSSR count). The summed E-state index contributed by atoms with van der Waals surface area (Å²) in [5.41, 5.74) is 16.1. The molecule has 1 aromatic heterocycles. The lowest BCUT2D eigenvalue weighted by atomic mass is 9.70. The van der Waals surface area contributed by atoms with Crippen molar-refractivity contribution in [3.05, 3.63) is 195 Å². The van der Waals surface area contributed by atoms with Gasteiger partial charge in [0.2, 0.25) is 5.43 Å². The molecule has 1 atom stereocenters. The minimum absolute atomic E-state index is 0.000146. The Balaban J connectivity index is 1.25. The third-order valence-corrected chi connectivity index (χ3v) is 11.7. The zero-order valence-corrected chi connectivity index (χ0v) is 27.7. The molecule has 1 spiro atoms. The average molecular weight is 642 g/mol. The van der Waals surface area contributed by atoms with Gasteiger partial charge in [0.15, 0.2) is 0 Å². The van der Waals surface area contributed by atoms with Crippen LogP contribution < -0.4 is 10.3 Å². The summed E-state index contributed by atoms with van der Waals surface area (Å²) in [7, 11) is 0. The van der Waals surface area contributed by atoms with Gasteiger partial charge in [-0.3, -0.25) is 4.79 Å². The van der Waals surface area contributed by atoms with E-state index in [0.717, 1.165) is 16.8 Å². The lowest BCUT2D eigenvalue weighted by Gasteiger charge is -2.42. The molecule has 236 valence electrons. The number of hydrogen-bond donors (Lipinski definition) is 0. The van der Waals surface area contributed by atoms with Crippen LogP contribution >= 0.6 is 0 Å². The molecule has 0 fully saturated rings. The normalized spacial score (nSPS) is 17.3. The van der Waals surface area contributed by atoms with Gasteiger partial charge in [-0.05, 0) is 104 Å². The van der Waals surface area contributed by atoms with E-state index < -0.39 is 5.41 Å². The van der Waals surface area contributed by atoms with Crippen LogP contribution in [0.2, 0.25) is 0 Å². The highest BCUT2D eigenvalue weighted by Gasteiger charge is 2.52. The second-order valence-electron chi connectivity index (χ2n) is 14.4. The van der Waals surface area contributed by atoms with Gasteiger partial charge in [-0.1, -0.05) is 117 Å². The van der Waals surface area contributed by atoms with Crippen molar-refractivity contribution in [3.8, 4) is 22.3 Å². The first-order valence-electron chi connectivity index (χ1n) is 17.3. The minimum Gasteiger partial charge on any atom is -0.456 e. The fraction of sp³-hybridized carbons (Fsp3) is 0.0851. The summed E-state index contributed by atoms with van der Waals surface area (Å²) in [6.45, 7) is 4.65. The third-order valence-electron chi connectivity index (χ3n) is 11.7. The van der Waals surface area contributed by atoms with Crippen LogP contribution in [0.3, 0.4) is 0 Å². The SMILES string of the molecule is CC1(C)c2ccccc2N(c2ccc3c(c2)C2(c4ccccc4-3)c3ccccc3-c3cc4oc5ccccc5c(=O)c4cc32)c2ccccc21. The monoisotopic (exact) mass is 641 g/mol. The lowest BCUT2D eigenvalue weighted by Crippen LogP contribution is -2.31. The van der Waals surface area contributed by atoms with E-state index >= 15 is 0 Å². The van der Waals surface area contributed by atoms with Crippen molar-refractivity contribution < 1.29 is 4.42 Å². The second-order valence-corrected chi connectivity index (χ2v) is 14.4. The summed E-state index contributed by atoms with van der Waals surface area (Å²) >= 11 is 0. The number of fused-ring (bicyclic) bond motifs is 14. The predicted octanol–water partition coefficient (Wildman–Crippen LogP) is 11.4.